The highest BCUT2D eigenvalue weighted by Gasteiger charge is 2.28. The van der Waals surface area contributed by atoms with Crippen LogP contribution in [-0.4, -0.2) is 65.7 Å². The fraction of sp³-hybridized carbons (Fsp3) is 0.438. The lowest BCUT2D eigenvalue weighted by Gasteiger charge is -2.37. The molecule has 3 rings (SSSR count). The highest BCUT2D eigenvalue weighted by molar-refractivity contribution is 5.83. The Morgan fingerprint density at radius 3 is 2.87 bits per heavy atom. The third-order valence-electron chi connectivity index (χ3n) is 4.05. The SMILES string of the molecule is COc1cc2ncncc2cc1OC(=O)N1CCN(C)CC1C. The van der Waals surface area contributed by atoms with Crippen LogP contribution < -0.4 is 9.47 Å². The van der Waals surface area contributed by atoms with Gasteiger partial charge in [0.05, 0.1) is 12.6 Å². The molecule has 1 aromatic heterocycles. The number of aromatic nitrogens is 2. The Hall–Kier alpha value is -2.41. The highest BCUT2D eigenvalue weighted by atomic mass is 16.6. The van der Waals surface area contributed by atoms with Gasteiger partial charge in [-0.2, -0.15) is 0 Å². The van der Waals surface area contributed by atoms with E-state index < -0.39 is 0 Å². The average molecular weight is 316 g/mol. The van der Waals surface area contributed by atoms with Crippen LogP contribution in [0.3, 0.4) is 0 Å². The molecule has 0 aliphatic carbocycles. The molecule has 2 heterocycles. The summed E-state index contributed by atoms with van der Waals surface area (Å²) in [6.45, 7) is 4.33. The van der Waals surface area contributed by atoms with Crippen LogP contribution in [0.15, 0.2) is 24.7 Å². The molecular formula is C16H20N4O3. The second-order valence-electron chi connectivity index (χ2n) is 5.76. The first-order valence-corrected chi connectivity index (χ1v) is 7.53. The normalized spacial score (nSPS) is 18.9. The van der Waals surface area contributed by atoms with Gasteiger partial charge in [0, 0.05) is 43.3 Å². The average Bonchev–Trinajstić information content (AvgIpc) is 2.54. The number of benzene rings is 1. The van der Waals surface area contributed by atoms with E-state index in [-0.39, 0.29) is 12.1 Å². The summed E-state index contributed by atoms with van der Waals surface area (Å²) in [6.07, 6.45) is 2.79. The van der Waals surface area contributed by atoms with Crippen molar-refractivity contribution >= 4 is 17.0 Å². The lowest BCUT2D eigenvalue weighted by molar-refractivity contribution is 0.0886. The Kier molecular flexibility index (Phi) is 4.29. The van der Waals surface area contributed by atoms with E-state index in [4.69, 9.17) is 9.47 Å². The second kappa shape index (κ2) is 6.37. The van der Waals surface area contributed by atoms with E-state index >= 15 is 0 Å². The summed E-state index contributed by atoms with van der Waals surface area (Å²) in [6, 6.07) is 3.58. The van der Waals surface area contributed by atoms with E-state index in [0.29, 0.717) is 18.0 Å². The van der Waals surface area contributed by atoms with E-state index in [1.165, 1.54) is 13.4 Å². The number of hydrogen-bond acceptors (Lipinski definition) is 6. The van der Waals surface area contributed by atoms with Crippen LogP contribution >= 0.6 is 0 Å². The smallest absolute Gasteiger partial charge is 0.415 e. The summed E-state index contributed by atoms with van der Waals surface area (Å²) < 4.78 is 10.9. The van der Waals surface area contributed by atoms with Crippen molar-refractivity contribution < 1.29 is 14.3 Å². The number of carbonyl (C=O) groups is 1. The minimum Gasteiger partial charge on any atom is -0.493 e. The van der Waals surface area contributed by atoms with Gasteiger partial charge < -0.3 is 19.3 Å². The van der Waals surface area contributed by atoms with Gasteiger partial charge >= 0.3 is 6.09 Å². The molecule has 23 heavy (non-hydrogen) atoms. The van der Waals surface area contributed by atoms with Crippen molar-refractivity contribution in [2.75, 3.05) is 33.8 Å². The number of hydrogen-bond donors (Lipinski definition) is 0. The van der Waals surface area contributed by atoms with Crippen molar-refractivity contribution in [1.82, 2.24) is 19.8 Å². The number of likely N-dealkylation sites (N-methyl/N-ethyl adjacent to an activating group) is 1. The third kappa shape index (κ3) is 3.19. The van der Waals surface area contributed by atoms with Gasteiger partial charge in [-0.15, -0.1) is 0 Å². The van der Waals surface area contributed by atoms with Crippen LogP contribution in [0, 0.1) is 0 Å². The fourth-order valence-corrected chi connectivity index (χ4v) is 2.79. The number of carbonyl (C=O) groups excluding carboxylic acids is 1. The molecule has 1 amide bonds. The summed E-state index contributed by atoms with van der Waals surface area (Å²) in [7, 11) is 3.59. The van der Waals surface area contributed by atoms with Crippen LogP contribution in [0.2, 0.25) is 0 Å². The number of rotatable bonds is 2. The molecule has 0 radical (unpaired) electrons. The van der Waals surface area contributed by atoms with Gasteiger partial charge in [-0.3, -0.25) is 0 Å². The molecule has 1 fully saturated rings. The molecule has 1 aliphatic rings. The van der Waals surface area contributed by atoms with E-state index in [9.17, 15) is 4.79 Å². The van der Waals surface area contributed by atoms with Gasteiger partial charge in [0.25, 0.3) is 0 Å². The second-order valence-corrected chi connectivity index (χ2v) is 5.76. The van der Waals surface area contributed by atoms with Crippen LogP contribution in [0.4, 0.5) is 4.79 Å². The zero-order valence-electron chi connectivity index (χ0n) is 13.5. The Labute approximate surface area is 134 Å². The zero-order chi connectivity index (χ0) is 16.4. The number of fused-ring (bicyclic) bond motifs is 1. The molecule has 2 aromatic rings. The summed E-state index contributed by atoms with van der Waals surface area (Å²) >= 11 is 0. The van der Waals surface area contributed by atoms with E-state index in [2.05, 4.69) is 14.9 Å². The molecule has 1 aliphatic heterocycles. The van der Waals surface area contributed by atoms with E-state index in [0.717, 1.165) is 24.0 Å². The Bertz CT molecular complexity index is 722. The van der Waals surface area contributed by atoms with Crippen LogP contribution in [0.25, 0.3) is 10.9 Å². The number of ether oxygens (including phenoxy) is 2. The summed E-state index contributed by atoms with van der Waals surface area (Å²) in [5.74, 6) is 0.859. The van der Waals surface area contributed by atoms with E-state index in [1.807, 2.05) is 14.0 Å². The lowest BCUT2D eigenvalue weighted by atomic mass is 10.2. The van der Waals surface area contributed by atoms with Gasteiger partial charge in [0.15, 0.2) is 11.5 Å². The van der Waals surface area contributed by atoms with Crippen molar-refractivity contribution in [2.45, 2.75) is 13.0 Å². The molecule has 0 bridgehead atoms. The maximum Gasteiger partial charge on any atom is 0.415 e. The predicted octanol–water partition coefficient (Wildman–Crippen LogP) is 1.77. The fourth-order valence-electron chi connectivity index (χ4n) is 2.79. The quantitative estimate of drug-likeness (QED) is 0.841. The van der Waals surface area contributed by atoms with Crippen LogP contribution in [-0.2, 0) is 0 Å². The van der Waals surface area contributed by atoms with Crippen molar-refractivity contribution in [3.8, 4) is 11.5 Å². The zero-order valence-corrected chi connectivity index (χ0v) is 13.5. The molecule has 7 nitrogen and oxygen atoms in total. The number of nitrogens with zero attached hydrogens (tertiary/aromatic N) is 4. The highest BCUT2D eigenvalue weighted by Crippen LogP contribution is 2.31. The minimum absolute atomic E-state index is 0.107. The molecule has 0 spiro atoms. The van der Waals surface area contributed by atoms with Gasteiger partial charge in [-0.05, 0) is 20.0 Å². The molecule has 1 atom stereocenters. The number of piperazine rings is 1. The predicted molar refractivity (Wildman–Crippen MR) is 85.8 cm³/mol. The maximum absolute atomic E-state index is 12.5. The Balaban J connectivity index is 1.84. The number of amides is 1. The first-order valence-electron chi connectivity index (χ1n) is 7.53. The van der Waals surface area contributed by atoms with Crippen molar-refractivity contribution in [1.29, 1.82) is 0 Å². The Morgan fingerprint density at radius 2 is 2.13 bits per heavy atom. The molecule has 1 aromatic carbocycles. The van der Waals surface area contributed by atoms with Gasteiger partial charge in [0.2, 0.25) is 0 Å². The number of methoxy groups -OCH3 is 1. The van der Waals surface area contributed by atoms with E-state index in [1.54, 1.807) is 23.2 Å². The van der Waals surface area contributed by atoms with Crippen molar-refractivity contribution in [3.05, 3.63) is 24.7 Å². The van der Waals surface area contributed by atoms with Crippen LogP contribution in [0.5, 0.6) is 11.5 Å². The lowest BCUT2D eigenvalue weighted by Crippen LogP contribution is -2.53. The molecule has 122 valence electrons. The Morgan fingerprint density at radius 1 is 1.30 bits per heavy atom. The molecule has 0 saturated carbocycles. The van der Waals surface area contributed by atoms with Crippen molar-refractivity contribution in [3.63, 3.8) is 0 Å². The first-order chi connectivity index (χ1) is 11.1. The summed E-state index contributed by atoms with van der Waals surface area (Å²) in [5, 5.41) is 0.794. The first kappa shape index (κ1) is 15.5. The molecule has 7 heteroatoms. The van der Waals surface area contributed by atoms with Gasteiger partial charge in [-0.1, -0.05) is 0 Å². The maximum atomic E-state index is 12.5. The summed E-state index contributed by atoms with van der Waals surface area (Å²) in [4.78, 5) is 24.6. The summed E-state index contributed by atoms with van der Waals surface area (Å²) in [5.41, 5.74) is 0.740. The van der Waals surface area contributed by atoms with Crippen LogP contribution in [0.1, 0.15) is 6.92 Å². The third-order valence-corrected chi connectivity index (χ3v) is 4.05. The standard InChI is InChI=1S/C16H20N4O3/c1-11-9-19(2)4-5-20(11)16(21)23-15-6-12-8-17-10-18-13(12)7-14(15)22-3/h6-8,10-11H,4-5,9H2,1-3H3. The molecule has 1 unspecified atom stereocenters. The topological polar surface area (TPSA) is 67.8 Å². The largest absolute Gasteiger partial charge is 0.493 e. The minimum atomic E-state index is -0.361. The van der Waals surface area contributed by atoms with Crippen molar-refractivity contribution in [2.24, 2.45) is 0 Å². The van der Waals surface area contributed by atoms with Gasteiger partial charge in [0.1, 0.15) is 6.33 Å². The molecule has 1 saturated heterocycles. The monoisotopic (exact) mass is 316 g/mol. The molecule has 0 N–H and O–H groups in total. The van der Waals surface area contributed by atoms with Gasteiger partial charge in [-0.25, -0.2) is 14.8 Å². The molecular weight excluding hydrogens is 296 g/mol.